The first kappa shape index (κ1) is 16.9. The van der Waals surface area contributed by atoms with Crippen molar-refractivity contribution < 1.29 is 13.2 Å². The summed E-state index contributed by atoms with van der Waals surface area (Å²) in [6, 6.07) is 9.47. The van der Waals surface area contributed by atoms with Crippen LogP contribution >= 0.6 is 0 Å². The summed E-state index contributed by atoms with van der Waals surface area (Å²) >= 11 is 0. The van der Waals surface area contributed by atoms with Gasteiger partial charge in [0, 0.05) is 26.8 Å². The van der Waals surface area contributed by atoms with E-state index >= 15 is 0 Å². The van der Waals surface area contributed by atoms with Gasteiger partial charge in [-0.2, -0.15) is 0 Å². The Balaban J connectivity index is 1.93. The lowest BCUT2D eigenvalue weighted by atomic mass is 10.2. The molecule has 0 spiro atoms. The minimum atomic E-state index is -3.44. The third-order valence-corrected chi connectivity index (χ3v) is 4.90. The topological polar surface area (TPSA) is 91.4 Å². The number of carbonyl (C=O) groups is 1. The molecule has 0 atom stereocenters. The maximum atomic E-state index is 12.0. The fourth-order valence-electron chi connectivity index (χ4n) is 1.78. The monoisotopic (exact) mass is 334 g/mol. The number of urea groups is 1. The smallest absolute Gasteiger partial charge is 0.319 e. The van der Waals surface area contributed by atoms with Crippen LogP contribution in [0.5, 0.6) is 0 Å². The summed E-state index contributed by atoms with van der Waals surface area (Å²) in [6.07, 6.45) is 3.16. The molecule has 2 rings (SSSR count). The van der Waals surface area contributed by atoms with Crippen LogP contribution < -0.4 is 10.6 Å². The maximum absolute atomic E-state index is 12.0. The van der Waals surface area contributed by atoms with Crippen LogP contribution in [-0.4, -0.2) is 37.8 Å². The van der Waals surface area contributed by atoms with E-state index in [2.05, 4.69) is 15.6 Å². The van der Waals surface area contributed by atoms with Crippen molar-refractivity contribution in [2.45, 2.75) is 11.4 Å². The number of anilines is 1. The molecule has 0 unspecified atom stereocenters. The highest BCUT2D eigenvalue weighted by Gasteiger charge is 2.16. The predicted octanol–water partition coefficient (Wildman–Crippen LogP) is 1.65. The van der Waals surface area contributed by atoms with Gasteiger partial charge in [0.05, 0.1) is 16.8 Å². The number of benzene rings is 1. The van der Waals surface area contributed by atoms with Crippen molar-refractivity contribution in [1.29, 1.82) is 0 Å². The van der Waals surface area contributed by atoms with Crippen LogP contribution in [0.25, 0.3) is 0 Å². The molecule has 0 fully saturated rings. The third kappa shape index (κ3) is 4.51. The van der Waals surface area contributed by atoms with Crippen molar-refractivity contribution in [3.05, 3.63) is 54.4 Å². The van der Waals surface area contributed by atoms with Gasteiger partial charge in [0.25, 0.3) is 0 Å². The molecule has 0 aliphatic carbocycles. The van der Waals surface area contributed by atoms with Crippen LogP contribution in [0.1, 0.15) is 5.56 Å². The maximum Gasteiger partial charge on any atom is 0.319 e. The SMILES string of the molecule is CN(C)S(=O)(=O)c1ccc(CNC(=O)Nc2cccnc2)cc1. The van der Waals surface area contributed by atoms with Crippen LogP contribution in [0.4, 0.5) is 10.5 Å². The second kappa shape index (κ2) is 7.21. The molecular weight excluding hydrogens is 316 g/mol. The number of aromatic nitrogens is 1. The van der Waals surface area contributed by atoms with Gasteiger partial charge in [0.1, 0.15) is 0 Å². The number of sulfonamides is 1. The van der Waals surface area contributed by atoms with Gasteiger partial charge in [-0.15, -0.1) is 0 Å². The first-order valence-electron chi connectivity index (χ1n) is 6.86. The standard InChI is InChI=1S/C15H18N4O3S/c1-19(2)23(21,22)14-7-5-12(6-8-14)10-17-15(20)18-13-4-3-9-16-11-13/h3-9,11H,10H2,1-2H3,(H2,17,18,20). The number of hydrogen-bond donors (Lipinski definition) is 2. The number of carbonyl (C=O) groups excluding carboxylic acids is 1. The Labute approximate surface area is 135 Å². The number of hydrogen-bond acceptors (Lipinski definition) is 4. The quantitative estimate of drug-likeness (QED) is 0.870. The number of nitrogens with one attached hydrogen (secondary N) is 2. The van der Waals surface area contributed by atoms with Crippen molar-refractivity contribution in [1.82, 2.24) is 14.6 Å². The normalized spacial score (nSPS) is 11.3. The zero-order valence-corrected chi connectivity index (χ0v) is 13.7. The number of nitrogens with zero attached hydrogens (tertiary/aromatic N) is 2. The lowest BCUT2D eigenvalue weighted by Crippen LogP contribution is -2.28. The number of pyridine rings is 1. The minimum absolute atomic E-state index is 0.214. The summed E-state index contributed by atoms with van der Waals surface area (Å²) in [7, 11) is -0.479. The highest BCUT2D eigenvalue weighted by molar-refractivity contribution is 7.89. The van der Waals surface area contributed by atoms with E-state index in [1.165, 1.54) is 26.2 Å². The molecule has 0 radical (unpaired) electrons. The largest absolute Gasteiger partial charge is 0.334 e. The lowest BCUT2D eigenvalue weighted by molar-refractivity contribution is 0.251. The van der Waals surface area contributed by atoms with E-state index in [1.54, 1.807) is 36.7 Å². The second-order valence-electron chi connectivity index (χ2n) is 4.98. The summed E-state index contributed by atoms with van der Waals surface area (Å²) in [6.45, 7) is 0.286. The highest BCUT2D eigenvalue weighted by Crippen LogP contribution is 2.14. The van der Waals surface area contributed by atoms with Crippen LogP contribution in [0.3, 0.4) is 0 Å². The molecule has 0 aliphatic rings. The molecule has 2 aromatic rings. The van der Waals surface area contributed by atoms with Gasteiger partial charge < -0.3 is 10.6 Å². The molecule has 8 heteroatoms. The van der Waals surface area contributed by atoms with Crippen LogP contribution in [0, 0.1) is 0 Å². The second-order valence-corrected chi connectivity index (χ2v) is 7.13. The molecule has 23 heavy (non-hydrogen) atoms. The van der Waals surface area contributed by atoms with E-state index in [0.717, 1.165) is 9.87 Å². The summed E-state index contributed by atoms with van der Waals surface area (Å²) in [5.74, 6) is 0. The van der Waals surface area contributed by atoms with Crippen molar-refractivity contribution >= 4 is 21.7 Å². The summed E-state index contributed by atoms with van der Waals surface area (Å²) < 4.78 is 25.1. The molecule has 0 aliphatic heterocycles. The highest BCUT2D eigenvalue weighted by atomic mass is 32.2. The van der Waals surface area contributed by atoms with E-state index in [1.807, 2.05) is 0 Å². The number of amides is 2. The fraction of sp³-hybridized carbons (Fsp3) is 0.200. The van der Waals surface area contributed by atoms with Crippen molar-refractivity contribution in [2.75, 3.05) is 19.4 Å². The molecule has 1 aromatic carbocycles. The van der Waals surface area contributed by atoms with E-state index in [9.17, 15) is 13.2 Å². The Morgan fingerprint density at radius 3 is 2.43 bits per heavy atom. The zero-order valence-electron chi connectivity index (χ0n) is 12.9. The van der Waals surface area contributed by atoms with Gasteiger partial charge in [0.15, 0.2) is 0 Å². The van der Waals surface area contributed by atoms with E-state index in [-0.39, 0.29) is 17.5 Å². The van der Waals surface area contributed by atoms with Gasteiger partial charge in [-0.05, 0) is 29.8 Å². The Hall–Kier alpha value is -2.45. The lowest BCUT2D eigenvalue weighted by Gasteiger charge is -2.12. The van der Waals surface area contributed by atoms with Crippen LogP contribution in [0.15, 0.2) is 53.7 Å². The van der Waals surface area contributed by atoms with E-state index < -0.39 is 10.0 Å². The van der Waals surface area contributed by atoms with E-state index in [4.69, 9.17) is 0 Å². The molecule has 2 amide bonds. The third-order valence-electron chi connectivity index (χ3n) is 3.07. The molecule has 2 N–H and O–H groups in total. The first-order chi connectivity index (χ1) is 10.9. The molecule has 0 saturated heterocycles. The van der Waals surface area contributed by atoms with Crippen LogP contribution in [-0.2, 0) is 16.6 Å². The Bertz CT molecular complexity index is 759. The Kier molecular flexibility index (Phi) is 5.30. The Morgan fingerprint density at radius 1 is 1.17 bits per heavy atom. The van der Waals surface area contributed by atoms with Gasteiger partial charge in [-0.3, -0.25) is 4.98 Å². The van der Waals surface area contributed by atoms with Crippen LogP contribution in [0.2, 0.25) is 0 Å². The summed E-state index contributed by atoms with van der Waals surface area (Å²) in [4.78, 5) is 15.9. The molecule has 0 bridgehead atoms. The van der Waals surface area contributed by atoms with Crippen molar-refractivity contribution in [3.63, 3.8) is 0 Å². The summed E-state index contributed by atoms with van der Waals surface area (Å²) in [5, 5.41) is 5.34. The average molecular weight is 334 g/mol. The summed E-state index contributed by atoms with van der Waals surface area (Å²) in [5.41, 5.74) is 1.39. The molecular formula is C15H18N4O3S. The first-order valence-corrected chi connectivity index (χ1v) is 8.30. The van der Waals surface area contributed by atoms with Crippen molar-refractivity contribution in [2.24, 2.45) is 0 Å². The molecule has 0 saturated carbocycles. The molecule has 1 aromatic heterocycles. The molecule has 1 heterocycles. The predicted molar refractivity (Wildman–Crippen MR) is 87.4 cm³/mol. The molecule has 122 valence electrons. The number of rotatable bonds is 5. The van der Waals surface area contributed by atoms with Gasteiger partial charge >= 0.3 is 6.03 Å². The van der Waals surface area contributed by atoms with Gasteiger partial charge in [-0.1, -0.05) is 12.1 Å². The minimum Gasteiger partial charge on any atom is -0.334 e. The zero-order chi connectivity index (χ0) is 16.9. The average Bonchev–Trinajstić information content (AvgIpc) is 2.54. The van der Waals surface area contributed by atoms with E-state index in [0.29, 0.717) is 5.69 Å². The molecule has 7 nitrogen and oxygen atoms in total. The van der Waals surface area contributed by atoms with Gasteiger partial charge in [0.2, 0.25) is 10.0 Å². The fourth-order valence-corrected chi connectivity index (χ4v) is 2.69. The Morgan fingerprint density at radius 2 is 1.87 bits per heavy atom. The van der Waals surface area contributed by atoms with Crippen molar-refractivity contribution in [3.8, 4) is 0 Å². The van der Waals surface area contributed by atoms with Gasteiger partial charge in [-0.25, -0.2) is 17.5 Å².